The first-order chi connectivity index (χ1) is 12.7. The number of hydrogen-bond acceptors (Lipinski definition) is 6. The van der Waals surface area contributed by atoms with Crippen LogP contribution >= 0.6 is 11.3 Å². The number of aliphatic hydroxyl groups is 1. The van der Waals surface area contributed by atoms with E-state index in [9.17, 15) is 14.7 Å². The fraction of sp³-hybridized carbons (Fsp3) is 0.316. The Hall–Kier alpha value is -2.51. The highest BCUT2D eigenvalue weighted by molar-refractivity contribution is 7.12. The number of rotatable bonds is 5. The van der Waals surface area contributed by atoms with Crippen molar-refractivity contribution in [2.45, 2.75) is 25.0 Å². The Bertz CT molecular complexity index is 842. The SMILES string of the molecule is O=C(C1=C(O)C(=O)N(C[C@H]2CCCO2)[C@H]1c1cccnc1)c1cccs1. The molecule has 26 heavy (non-hydrogen) atoms. The Balaban J connectivity index is 1.74. The number of aliphatic hydroxyl groups excluding tert-OH is 1. The normalized spacial score (nSPS) is 23.1. The number of ketones is 1. The van der Waals surface area contributed by atoms with Gasteiger partial charge in [0.25, 0.3) is 5.91 Å². The van der Waals surface area contributed by atoms with Crippen LogP contribution in [0.15, 0.2) is 53.4 Å². The van der Waals surface area contributed by atoms with Crippen LogP contribution in [0.5, 0.6) is 0 Å². The van der Waals surface area contributed by atoms with Crippen molar-refractivity contribution in [1.82, 2.24) is 9.88 Å². The lowest BCUT2D eigenvalue weighted by molar-refractivity contribution is -0.131. The van der Waals surface area contributed by atoms with Crippen molar-refractivity contribution in [2.24, 2.45) is 0 Å². The zero-order valence-electron chi connectivity index (χ0n) is 14.0. The summed E-state index contributed by atoms with van der Waals surface area (Å²) in [5.74, 6) is -1.33. The number of carbonyl (C=O) groups is 2. The van der Waals surface area contributed by atoms with Crippen LogP contribution in [0, 0.1) is 0 Å². The molecule has 1 fully saturated rings. The summed E-state index contributed by atoms with van der Waals surface area (Å²) in [5.41, 5.74) is 0.811. The average molecular weight is 370 g/mol. The van der Waals surface area contributed by atoms with Crippen LogP contribution in [0.25, 0.3) is 0 Å². The van der Waals surface area contributed by atoms with Gasteiger partial charge in [-0.15, -0.1) is 11.3 Å². The number of thiophene rings is 1. The third-order valence-electron chi connectivity index (χ3n) is 4.72. The number of pyridine rings is 1. The maximum absolute atomic E-state index is 13.0. The minimum absolute atomic E-state index is 0.0814. The van der Waals surface area contributed by atoms with Gasteiger partial charge in [0.1, 0.15) is 0 Å². The van der Waals surface area contributed by atoms with Gasteiger partial charge >= 0.3 is 0 Å². The molecule has 0 aliphatic carbocycles. The topological polar surface area (TPSA) is 79.7 Å². The van der Waals surface area contributed by atoms with Crippen molar-refractivity contribution in [3.8, 4) is 0 Å². The number of hydrogen-bond donors (Lipinski definition) is 1. The van der Waals surface area contributed by atoms with Crippen LogP contribution < -0.4 is 0 Å². The molecule has 0 bridgehead atoms. The molecule has 7 heteroatoms. The van der Waals surface area contributed by atoms with Gasteiger partial charge in [0, 0.05) is 25.5 Å². The van der Waals surface area contributed by atoms with Gasteiger partial charge in [0.15, 0.2) is 5.76 Å². The van der Waals surface area contributed by atoms with E-state index in [2.05, 4.69) is 4.98 Å². The smallest absolute Gasteiger partial charge is 0.290 e. The molecule has 0 saturated carbocycles. The molecule has 0 aromatic carbocycles. The summed E-state index contributed by atoms with van der Waals surface area (Å²) in [6, 6.07) is 6.38. The van der Waals surface area contributed by atoms with Gasteiger partial charge in [0.05, 0.1) is 22.6 Å². The van der Waals surface area contributed by atoms with Gasteiger partial charge in [-0.3, -0.25) is 14.6 Å². The number of Topliss-reactive ketones (excluding diaryl/α,β-unsaturated/α-hetero) is 1. The van der Waals surface area contributed by atoms with Crippen molar-refractivity contribution in [2.75, 3.05) is 13.2 Å². The van der Waals surface area contributed by atoms with Crippen LogP contribution in [-0.2, 0) is 9.53 Å². The molecule has 2 aromatic rings. The molecule has 0 spiro atoms. The first kappa shape index (κ1) is 16.9. The minimum Gasteiger partial charge on any atom is -0.503 e. The summed E-state index contributed by atoms with van der Waals surface area (Å²) < 4.78 is 5.66. The van der Waals surface area contributed by atoms with E-state index in [0.29, 0.717) is 23.6 Å². The van der Waals surface area contributed by atoms with Crippen LogP contribution in [0.3, 0.4) is 0 Å². The lowest BCUT2D eigenvalue weighted by Crippen LogP contribution is -2.37. The highest BCUT2D eigenvalue weighted by atomic mass is 32.1. The largest absolute Gasteiger partial charge is 0.503 e. The van der Waals surface area contributed by atoms with Crippen molar-refractivity contribution in [3.63, 3.8) is 0 Å². The van der Waals surface area contributed by atoms with Crippen molar-refractivity contribution in [1.29, 1.82) is 0 Å². The molecular weight excluding hydrogens is 352 g/mol. The number of ether oxygens (including phenoxy) is 1. The van der Waals surface area contributed by atoms with E-state index in [1.54, 1.807) is 36.0 Å². The molecule has 0 radical (unpaired) electrons. The fourth-order valence-corrected chi connectivity index (χ4v) is 4.18. The molecule has 2 aliphatic heterocycles. The first-order valence-corrected chi connectivity index (χ1v) is 9.38. The molecule has 1 amide bonds. The predicted octanol–water partition coefficient (Wildman–Crippen LogP) is 2.90. The van der Waals surface area contributed by atoms with Crippen molar-refractivity contribution >= 4 is 23.0 Å². The van der Waals surface area contributed by atoms with Gasteiger partial charge in [0.2, 0.25) is 5.78 Å². The van der Waals surface area contributed by atoms with Gasteiger partial charge in [-0.25, -0.2) is 0 Å². The summed E-state index contributed by atoms with van der Waals surface area (Å²) in [6.07, 6.45) is 4.99. The van der Waals surface area contributed by atoms with E-state index in [0.717, 1.165) is 12.8 Å². The van der Waals surface area contributed by atoms with E-state index in [4.69, 9.17) is 4.74 Å². The van der Waals surface area contributed by atoms with Crippen LogP contribution in [0.4, 0.5) is 0 Å². The summed E-state index contributed by atoms with van der Waals surface area (Å²) >= 11 is 1.29. The van der Waals surface area contributed by atoms with E-state index in [-0.39, 0.29) is 17.5 Å². The van der Waals surface area contributed by atoms with E-state index in [1.807, 2.05) is 6.07 Å². The third kappa shape index (κ3) is 2.93. The summed E-state index contributed by atoms with van der Waals surface area (Å²) in [6.45, 7) is 1.01. The number of nitrogens with zero attached hydrogens (tertiary/aromatic N) is 2. The van der Waals surface area contributed by atoms with Crippen molar-refractivity contribution in [3.05, 3.63) is 63.8 Å². The molecule has 2 atom stereocenters. The Morgan fingerprint density at radius 1 is 1.38 bits per heavy atom. The van der Waals surface area contributed by atoms with Crippen molar-refractivity contribution < 1.29 is 19.4 Å². The predicted molar refractivity (Wildman–Crippen MR) is 96.0 cm³/mol. The number of carbonyl (C=O) groups excluding carboxylic acids is 2. The second-order valence-electron chi connectivity index (χ2n) is 6.35. The molecule has 2 aliphatic rings. The average Bonchev–Trinajstić information content (AvgIpc) is 3.40. The van der Waals surface area contributed by atoms with Gasteiger partial charge in [-0.1, -0.05) is 12.1 Å². The second kappa shape index (κ2) is 7.01. The van der Waals surface area contributed by atoms with Crippen LogP contribution in [0.2, 0.25) is 0 Å². The monoisotopic (exact) mass is 370 g/mol. The van der Waals surface area contributed by atoms with Gasteiger partial charge in [-0.2, -0.15) is 0 Å². The molecular formula is C19H18N2O4S. The molecule has 0 unspecified atom stereocenters. The summed E-state index contributed by atoms with van der Waals surface area (Å²) in [5, 5.41) is 12.3. The zero-order valence-corrected chi connectivity index (χ0v) is 14.8. The molecule has 134 valence electrons. The minimum atomic E-state index is -0.657. The summed E-state index contributed by atoms with van der Waals surface area (Å²) in [7, 11) is 0. The maximum atomic E-state index is 13.0. The molecule has 6 nitrogen and oxygen atoms in total. The Labute approximate surface area is 154 Å². The highest BCUT2D eigenvalue weighted by Crippen LogP contribution is 2.39. The Morgan fingerprint density at radius 3 is 2.92 bits per heavy atom. The number of aromatic nitrogens is 1. The molecule has 4 heterocycles. The molecule has 4 rings (SSSR count). The zero-order chi connectivity index (χ0) is 18.1. The van der Waals surface area contributed by atoms with Gasteiger partial charge < -0.3 is 14.7 Å². The lowest BCUT2D eigenvalue weighted by Gasteiger charge is -2.28. The fourth-order valence-electron chi connectivity index (χ4n) is 3.51. The Kier molecular flexibility index (Phi) is 4.57. The maximum Gasteiger partial charge on any atom is 0.290 e. The quantitative estimate of drug-likeness (QED) is 0.819. The molecule has 2 aromatic heterocycles. The van der Waals surface area contributed by atoms with E-state index < -0.39 is 17.7 Å². The van der Waals surface area contributed by atoms with E-state index >= 15 is 0 Å². The summed E-state index contributed by atoms with van der Waals surface area (Å²) in [4.78, 5) is 31.9. The standard InChI is InChI=1S/C19H18N2O4S/c22-17(14-6-3-9-26-14)15-16(12-4-1-7-20-10-12)21(19(24)18(15)23)11-13-5-2-8-25-13/h1,3-4,6-7,9-10,13,16,23H,2,5,8,11H2/t13-,16+/m1/s1. The second-order valence-corrected chi connectivity index (χ2v) is 7.30. The van der Waals surface area contributed by atoms with E-state index in [1.165, 1.54) is 16.2 Å². The molecule has 1 saturated heterocycles. The number of amides is 1. The first-order valence-electron chi connectivity index (χ1n) is 8.50. The lowest BCUT2D eigenvalue weighted by atomic mass is 9.96. The van der Waals surface area contributed by atoms with Crippen LogP contribution in [0.1, 0.15) is 34.1 Å². The third-order valence-corrected chi connectivity index (χ3v) is 5.59. The highest BCUT2D eigenvalue weighted by Gasteiger charge is 2.45. The van der Waals surface area contributed by atoms with Crippen LogP contribution in [-0.4, -0.2) is 45.9 Å². The van der Waals surface area contributed by atoms with Gasteiger partial charge in [-0.05, 0) is 35.9 Å². The molecule has 1 N–H and O–H groups in total. The Morgan fingerprint density at radius 2 is 2.27 bits per heavy atom.